The van der Waals surface area contributed by atoms with Crippen LogP contribution in [0.25, 0.3) is 0 Å². The molecule has 36 heavy (non-hydrogen) atoms. The lowest BCUT2D eigenvalue weighted by atomic mass is 10.1. The largest absolute Gasteiger partial charge is 0.472 e. The normalized spacial score (nSPS) is 15.1. The Hall–Kier alpha value is -0.800. The first kappa shape index (κ1) is 35.2. The maximum Gasteiger partial charge on any atom is 0.472 e. The van der Waals surface area contributed by atoms with Crippen molar-refractivity contribution in [1.82, 2.24) is 0 Å². The van der Waals surface area contributed by atoms with Gasteiger partial charge in [-0.1, -0.05) is 83.3 Å². The highest BCUT2D eigenvalue weighted by molar-refractivity contribution is 7.47. The van der Waals surface area contributed by atoms with Gasteiger partial charge in [0, 0.05) is 6.42 Å². The van der Waals surface area contributed by atoms with Crippen LogP contribution in [0.1, 0.15) is 110 Å². The second-order valence-electron chi connectivity index (χ2n) is 9.27. The highest BCUT2D eigenvalue weighted by Crippen LogP contribution is 2.43. The number of carbonyl (C=O) groups excluding carboxylic acids is 1. The van der Waals surface area contributed by atoms with E-state index in [9.17, 15) is 19.4 Å². The average molecular weight is 539 g/mol. The number of rotatable bonds is 26. The van der Waals surface area contributed by atoms with Gasteiger partial charge in [-0.2, -0.15) is 0 Å². The van der Waals surface area contributed by atoms with Crippen molar-refractivity contribution in [2.24, 2.45) is 0 Å². The van der Waals surface area contributed by atoms with Crippen molar-refractivity contribution in [2.75, 3.05) is 26.4 Å². The fourth-order valence-electron chi connectivity index (χ4n) is 3.45. The standard InChI is InChI=1S/C26H51O9P/c1-2-3-4-5-6-7-8-9-10-11-12-13-14-15-16-17-18-19-26(30)33-21-25(29)23-35-36(31,32)34-22-24(28)20-27/h11-12,24-25,27-29H,2-10,13-23H2,1H3,(H,31,32)/b12-11-. The molecule has 0 aliphatic carbocycles. The van der Waals surface area contributed by atoms with Gasteiger partial charge in [0.1, 0.15) is 18.8 Å². The Morgan fingerprint density at radius 3 is 1.75 bits per heavy atom. The summed E-state index contributed by atoms with van der Waals surface area (Å²) in [5, 5.41) is 27.4. The molecular weight excluding hydrogens is 487 g/mol. The number of phosphoric ester groups is 1. The molecule has 9 nitrogen and oxygen atoms in total. The van der Waals surface area contributed by atoms with Crippen molar-refractivity contribution in [3.63, 3.8) is 0 Å². The van der Waals surface area contributed by atoms with Crippen LogP contribution in [-0.2, 0) is 23.1 Å². The molecular formula is C26H51O9P. The number of allylic oxidation sites excluding steroid dienone is 2. The average Bonchev–Trinajstić information content (AvgIpc) is 2.86. The molecule has 0 amide bonds. The molecule has 0 radical (unpaired) electrons. The van der Waals surface area contributed by atoms with E-state index in [1.165, 1.54) is 57.8 Å². The van der Waals surface area contributed by atoms with Crippen LogP contribution in [0.15, 0.2) is 12.2 Å². The number of esters is 1. The Balaban J connectivity index is 3.53. The van der Waals surface area contributed by atoms with Crippen LogP contribution >= 0.6 is 7.82 Å². The minimum absolute atomic E-state index is 0.257. The Labute approximate surface area is 217 Å². The number of hydrogen-bond acceptors (Lipinski definition) is 8. The molecule has 10 heteroatoms. The highest BCUT2D eigenvalue weighted by atomic mass is 31.2. The van der Waals surface area contributed by atoms with E-state index in [0.29, 0.717) is 6.42 Å². The fraction of sp³-hybridized carbons (Fsp3) is 0.885. The summed E-state index contributed by atoms with van der Waals surface area (Å²) in [5.41, 5.74) is 0. The number of phosphoric acid groups is 1. The number of ether oxygens (including phenoxy) is 1. The van der Waals surface area contributed by atoms with Crippen LogP contribution in [0.2, 0.25) is 0 Å². The maximum atomic E-state index is 11.8. The zero-order valence-electron chi connectivity index (χ0n) is 22.2. The summed E-state index contributed by atoms with van der Waals surface area (Å²) in [6, 6.07) is 0. The van der Waals surface area contributed by atoms with E-state index in [0.717, 1.165) is 32.1 Å². The first-order chi connectivity index (χ1) is 17.3. The van der Waals surface area contributed by atoms with Crippen molar-refractivity contribution < 1.29 is 43.4 Å². The molecule has 0 aliphatic heterocycles. The molecule has 0 aromatic heterocycles. The van der Waals surface area contributed by atoms with E-state index in [1.807, 2.05) is 0 Å². The number of aliphatic hydroxyl groups is 3. The van der Waals surface area contributed by atoms with Gasteiger partial charge < -0.3 is 24.9 Å². The molecule has 0 heterocycles. The minimum atomic E-state index is -4.48. The van der Waals surface area contributed by atoms with Gasteiger partial charge in [-0.05, 0) is 32.1 Å². The van der Waals surface area contributed by atoms with Gasteiger partial charge in [0.15, 0.2) is 0 Å². The van der Waals surface area contributed by atoms with Gasteiger partial charge in [-0.15, -0.1) is 0 Å². The van der Waals surface area contributed by atoms with Crippen LogP contribution in [0, 0.1) is 0 Å². The number of aliphatic hydroxyl groups excluding tert-OH is 3. The molecule has 0 saturated heterocycles. The zero-order chi connectivity index (χ0) is 26.9. The predicted molar refractivity (Wildman–Crippen MR) is 140 cm³/mol. The minimum Gasteiger partial charge on any atom is -0.463 e. The van der Waals surface area contributed by atoms with Crippen LogP contribution < -0.4 is 0 Å². The molecule has 0 rings (SSSR count). The second kappa shape index (κ2) is 24.5. The Morgan fingerprint density at radius 1 is 0.750 bits per heavy atom. The third-order valence-electron chi connectivity index (χ3n) is 5.65. The van der Waals surface area contributed by atoms with Crippen molar-refractivity contribution >= 4 is 13.8 Å². The van der Waals surface area contributed by atoms with Gasteiger partial charge in [0.05, 0.1) is 19.8 Å². The maximum absolute atomic E-state index is 11.8. The van der Waals surface area contributed by atoms with E-state index >= 15 is 0 Å². The molecule has 0 aromatic carbocycles. The topological polar surface area (TPSA) is 143 Å². The number of unbranched alkanes of at least 4 members (excludes halogenated alkanes) is 13. The van der Waals surface area contributed by atoms with Gasteiger partial charge in [-0.3, -0.25) is 13.8 Å². The third-order valence-corrected chi connectivity index (χ3v) is 6.60. The summed E-state index contributed by atoms with van der Waals surface area (Å²) in [5.74, 6) is -0.438. The first-order valence-electron chi connectivity index (χ1n) is 13.7. The molecule has 4 N–H and O–H groups in total. The molecule has 3 unspecified atom stereocenters. The van der Waals surface area contributed by atoms with Crippen LogP contribution in [0.4, 0.5) is 0 Å². The molecule has 0 saturated carbocycles. The summed E-state index contributed by atoms with van der Waals surface area (Å²) in [6.07, 6.45) is 20.3. The Bertz CT molecular complexity index is 586. The third kappa shape index (κ3) is 24.9. The molecule has 0 bridgehead atoms. The van der Waals surface area contributed by atoms with Crippen molar-refractivity contribution in [3.8, 4) is 0 Å². The molecule has 0 aromatic rings. The monoisotopic (exact) mass is 538 g/mol. The van der Waals surface area contributed by atoms with Crippen LogP contribution in [-0.4, -0.2) is 64.8 Å². The van der Waals surface area contributed by atoms with Crippen LogP contribution in [0.3, 0.4) is 0 Å². The lowest BCUT2D eigenvalue weighted by Crippen LogP contribution is -2.24. The quantitative estimate of drug-likeness (QED) is 0.0506. The van der Waals surface area contributed by atoms with Crippen LogP contribution in [0.5, 0.6) is 0 Å². The van der Waals surface area contributed by atoms with Crippen molar-refractivity contribution in [1.29, 1.82) is 0 Å². The molecule has 0 fully saturated rings. The molecule has 0 spiro atoms. The highest BCUT2D eigenvalue weighted by Gasteiger charge is 2.24. The molecule has 3 atom stereocenters. The van der Waals surface area contributed by atoms with E-state index in [1.54, 1.807) is 0 Å². The Morgan fingerprint density at radius 2 is 1.22 bits per heavy atom. The Kier molecular flexibility index (Phi) is 24.0. The van der Waals surface area contributed by atoms with Gasteiger partial charge in [0.2, 0.25) is 0 Å². The molecule has 0 aliphatic rings. The van der Waals surface area contributed by atoms with E-state index in [-0.39, 0.29) is 13.0 Å². The SMILES string of the molecule is CCCCCCCCCC/C=C\CCCCCCCC(=O)OCC(O)COP(=O)(O)OCC(O)CO. The fourth-order valence-corrected chi connectivity index (χ4v) is 4.25. The van der Waals surface area contributed by atoms with E-state index in [2.05, 4.69) is 28.1 Å². The lowest BCUT2D eigenvalue weighted by Gasteiger charge is -2.16. The summed E-state index contributed by atoms with van der Waals surface area (Å²) < 4.78 is 25.5. The first-order valence-corrected chi connectivity index (χ1v) is 15.2. The smallest absolute Gasteiger partial charge is 0.463 e. The summed E-state index contributed by atoms with van der Waals surface area (Å²) in [4.78, 5) is 21.2. The summed E-state index contributed by atoms with van der Waals surface area (Å²) in [6.45, 7) is 0.0912. The van der Waals surface area contributed by atoms with Gasteiger partial charge >= 0.3 is 13.8 Å². The summed E-state index contributed by atoms with van der Waals surface area (Å²) >= 11 is 0. The van der Waals surface area contributed by atoms with Crippen molar-refractivity contribution in [3.05, 3.63) is 12.2 Å². The van der Waals surface area contributed by atoms with E-state index in [4.69, 9.17) is 14.9 Å². The van der Waals surface area contributed by atoms with Gasteiger partial charge in [0.25, 0.3) is 0 Å². The summed E-state index contributed by atoms with van der Waals surface area (Å²) in [7, 11) is -4.48. The number of carbonyl (C=O) groups is 1. The predicted octanol–water partition coefficient (Wildman–Crippen LogP) is 5.20. The van der Waals surface area contributed by atoms with Crippen molar-refractivity contribution in [2.45, 2.75) is 122 Å². The van der Waals surface area contributed by atoms with E-state index < -0.39 is 45.8 Å². The zero-order valence-corrected chi connectivity index (χ0v) is 23.1. The number of hydrogen-bond donors (Lipinski definition) is 4. The lowest BCUT2D eigenvalue weighted by molar-refractivity contribution is -0.147. The second-order valence-corrected chi connectivity index (χ2v) is 10.7. The van der Waals surface area contributed by atoms with Gasteiger partial charge in [-0.25, -0.2) is 4.57 Å². The molecule has 214 valence electrons.